The Morgan fingerprint density at radius 1 is 0.969 bits per heavy atom. The number of hydrogen-bond donors (Lipinski definition) is 2. The van der Waals surface area contributed by atoms with Gasteiger partial charge in [0.25, 0.3) is 0 Å². The van der Waals surface area contributed by atoms with Crippen LogP contribution in [0.15, 0.2) is 48.5 Å². The van der Waals surface area contributed by atoms with Crippen molar-refractivity contribution in [2.45, 2.75) is 65.3 Å². The van der Waals surface area contributed by atoms with Crippen LogP contribution in [0, 0.1) is 0 Å². The zero-order valence-electron chi connectivity index (χ0n) is 20.0. The Hall–Kier alpha value is -2.53. The fourth-order valence-electron chi connectivity index (χ4n) is 3.62. The molecule has 0 radical (unpaired) electrons. The molecule has 0 fully saturated rings. The Morgan fingerprint density at radius 3 is 2.28 bits per heavy atom. The van der Waals surface area contributed by atoms with Gasteiger partial charge in [0, 0.05) is 19.1 Å². The summed E-state index contributed by atoms with van der Waals surface area (Å²) >= 11 is 0. The number of aromatic hydroxyl groups is 1. The minimum absolute atomic E-state index is 0.0522. The number of hydrogen-bond acceptors (Lipinski definition) is 4. The zero-order chi connectivity index (χ0) is 23.2. The number of carbonyl (C=O) groups excluding carboxylic acids is 1. The zero-order valence-corrected chi connectivity index (χ0v) is 20.0. The van der Waals surface area contributed by atoms with Gasteiger partial charge in [-0.15, -0.1) is 0 Å². The van der Waals surface area contributed by atoms with E-state index in [9.17, 15) is 9.90 Å². The van der Waals surface area contributed by atoms with E-state index in [2.05, 4.69) is 31.0 Å². The van der Waals surface area contributed by atoms with Crippen molar-refractivity contribution in [3.05, 3.63) is 59.7 Å². The lowest BCUT2D eigenvalue weighted by Gasteiger charge is -2.29. The van der Waals surface area contributed by atoms with Crippen LogP contribution in [0.5, 0.6) is 11.5 Å². The molecule has 2 aromatic rings. The van der Waals surface area contributed by atoms with Crippen molar-refractivity contribution in [2.24, 2.45) is 0 Å². The average molecular weight is 441 g/mol. The largest absolute Gasteiger partial charge is 0.508 e. The fraction of sp³-hybridized carbons (Fsp3) is 0.519. The Labute approximate surface area is 193 Å². The number of carbonyl (C=O) groups is 1. The molecule has 2 N–H and O–H groups in total. The molecule has 0 heterocycles. The van der Waals surface area contributed by atoms with Crippen LogP contribution in [0.25, 0.3) is 0 Å². The van der Waals surface area contributed by atoms with Crippen LogP contribution in [0.3, 0.4) is 0 Å². The van der Waals surface area contributed by atoms with Gasteiger partial charge in [-0.3, -0.25) is 9.69 Å². The first kappa shape index (κ1) is 25.7. The monoisotopic (exact) mass is 440 g/mol. The molecular weight excluding hydrogens is 400 g/mol. The molecule has 0 bridgehead atoms. The molecule has 2 rings (SSSR count). The van der Waals surface area contributed by atoms with E-state index in [0.29, 0.717) is 18.7 Å². The second kappa shape index (κ2) is 14.5. The number of unbranched alkanes of at least 4 members (excludes halogenated alkanes) is 2. The molecule has 0 aromatic heterocycles. The lowest BCUT2D eigenvalue weighted by Crippen LogP contribution is -2.33. The third-order valence-corrected chi connectivity index (χ3v) is 5.72. The predicted octanol–water partition coefficient (Wildman–Crippen LogP) is 5.48. The Bertz CT molecular complexity index is 774. The molecule has 0 saturated carbocycles. The molecule has 5 nitrogen and oxygen atoms in total. The molecule has 0 spiro atoms. The van der Waals surface area contributed by atoms with E-state index in [1.165, 1.54) is 5.56 Å². The maximum absolute atomic E-state index is 12.3. The maximum Gasteiger partial charge on any atom is 0.224 e. The third kappa shape index (κ3) is 9.31. The lowest BCUT2D eigenvalue weighted by atomic mass is 10.1. The highest BCUT2D eigenvalue weighted by Crippen LogP contribution is 2.23. The summed E-state index contributed by atoms with van der Waals surface area (Å²) in [5.74, 6) is 1.20. The first-order chi connectivity index (χ1) is 15.5. The van der Waals surface area contributed by atoms with Gasteiger partial charge in [-0.2, -0.15) is 0 Å². The van der Waals surface area contributed by atoms with Gasteiger partial charge in [0.05, 0.1) is 13.0 Å². The highest BCUT2D eigenvalue weighted by molar-refractivity contribution is 5.78. The van der Waals surface area contributed by atoms with E-state index < -0.39 is 0 Å². The number of ether oxygens (including phenoxy) is 1. The van der Waals surface area contributed by atoms with Gasteiger partial charge in [0.2, 0.25) is 5.91 Å². The average Bonchev–Trinajstić information content (AvgIpc) is 2.80. The minimum Gasteiger partial charge on any atom is -0.508 e. The van der Waals surface area contributed by atoms with E-state index in [0.717, 1.165) is 63.1 Å². The van der Waals surface area contributed by atoms with Crippen LogP contribution in [0.2, 0.25) is 0 Å². The van der Waals surface area contributed by atoms with Crippen molar-refractivity contribution in [3.63, 3.8) is 0 Å². The summed E-state index contributed by atoms with van der Waals surface area (Å²) in [6, 6.07) is 15.5. The number of nitrogens with zero attached hydrogens (tertiary/aromatic N) is 1. The van der Waals surface area contributed by atoms with E-state index >= 15 is 0 Å². The topological polar surface area (TPSA) is 61.8 Å². The molecular formula is C27H40N2O3. The molecule has 32 heavy (non-hydrogen) atoms. The van der Waals surface area contributed by atoms with Crippen molar-refractivity contribution in [2.75, 3.05) is 26.2 Å². The van der Waals surface area contributed by atoms with Gasteiger partial charge in [-0.05, 0) is 68.1 Å². The summed E-state index contributed by atoms with van der Waals surface area (Å²) in [5, 5.41) is 12.6. The molecule has 1 unspecified atom stereocenters. The summed E-state index contributed by atoms with van der Waals surface area (Å²) in [4.78, 5) is 14.8. The normalized spacial score (nSPS) is 12.0. The standard InChI is InChI=1S/C27H40N2O3/c1-4-6-18-29(22(3)24-11-13-25(30)14-12-24)19-8-17-28-27(31)21-23-9-15-26(16-10-23)32-20-7-5-2/h9-16,22,30H,4-8,17-21H2,1-3H3,(H,28,31). The van der Waals surface area contributed by atoms with Crippen molar-refractivity contribution >= 4 is 5.91 Å². The second-order valence-electron chi connectivity index (χ2n) is 8.38. The molecule has 0 aliphatic heterocycles. The van der Waals surface area contributed by atoms with Crippen LogP contribution in [-0.2, 0) is 11.2 Å². The van der Waals surface area contributed by atoms with Gasteiger partial charge in [0.1, 0.15) is 11.5 Å². The van der Waals surface area contributed by atoms with Crippen LogP contribution in [0.4, 0.5) is 0 Å². The number of nitrogens with one attached hydrogen (secondary N) is 1. The Balaban J connectivity index is 1.75. The van der Waals surface area contributed by atoms with Crippen molar-refractivity contribution in [1.29, 1.82) is 0 Å². The van der Waals surface area contributed by atoms with E-state index in [1.54, 1.807) is 12.1 Å². The van der Waals surface area contributed by atoms with E-state index in [1.807, 2.05) is 36.4 Å². The highest BCUT2D eigenvalue weighted by atomic mass is 16.5. The molecule has 1 amide bonds. The minimum atomic E-state index is 0.0522. The Morgan fingerprint density at radius 2 is 1.62 bits per heavy atom. The number of amides is 1. The van der Waals surface area contributed by atoms with Crippen LogP contribution < -0.4 is 10.1 Å². The SMILES string of the molecule is CCCCOc1ccc(CC(=O)NCCCN(CCCC)C(C)c2ccc(O)cc2)cc1. The number of phenols is 1. The number of phenolic OH excluding ortho intramolecular Hbond substituents is 1. The van der Waals surface area contributed by atoms with Gasteiger partial charge < -0.3 is 15.2 Å². The molecule has 1 atom stereocenters. The fourth-order valence-corrected chi connectivity index (χ4v) is 3.62. The van der Waals surface area contributed by atoms with Gasteiger partial charge in [0.15, 0.2) is 0 Å². The quantitative estimate of drug-likeness (QED) is 0.360. The maximum atomic E-state index is 12.3. The smallest absolute Gasteiger partial charge is 0.224 e. The van der Waals surface area contributed by atoms with Gasteiger partial charge in [-0.1, -0.05) is 51.0 Å². The molecule has 176 valence electrons. The Kier molecular flexibility index (Phi) is 11.7. The number of rotatable bonds is 15. The molecule has 5 heteroatoms. The van der Waals surface area contributed by atoms with Crippen LogP contribution in [-0.4, -0.2) is 42.2 Å². The first-order valence-electron chi connectivity index (χ1n) is 12.0. The summed E-state index contributed by atoms with van der Waals surface area (Å²) in [5.41, 5.74) is 2.20. The molecule has 0 aliphatic carbocycles. The molecule has 2 aromatic carbocycles. The lowest BCUT2D eigenvalue weighted by molar-refractivity contribution is -0.120. The van der Waals surface area contributed by atoms with Crippen molar-refractivity contribution in [3.8, 4) is 11.5 Å². The molecule has 0 aliphatic rings. The van der Waals surface area contributed by atoms with Crippen LogP contribution >= 0.6 is 0 Å². The summed E-state index contributed by atoms with van der Waals surface area (Å²) < 4.78 is 5.68. The summed E-state index contributed by atoms with van der Waals surface area (Å²) in [6.45, 7) is 9.90. The number of benzene rings is 2. The first-order valence-corrected chi connectivity index (χ1v) is 12.0. The third-order valence-electron chi connectivity index (χ3n) is 5.72. The highest BCUT2D eigenvalue weighted by Gasteiger charge is 2.15. The van der Waals surface area contributed by atoms with E-state index in [4.69, 9.17) is 4.74 Å². The summed E-state index contributed by atoms with van der Waals surface area (Å²) in [6.07, 6.45) is 5.75. The van der Waals surface area contributed by atoms with Crippen molar-refractivity contribution in [1.82, 2.24) is 10.2 Å². The molecule has 0 saturated heterocycles. The van der Waals surface area contributed by atoms with Crippen molar-refractivity contribution < 1.29 is 14.6 Å². The van der Waals surface area contributed by atoms with E-state index in [-0.39, 0.29) is 11.9 Å². The van der Waals surface area contributed by atoms with Crippen LogP contribution in [0.1, 0.15) is 70.0 Å². The van der Waals surface area contributed by atoms with Gasteiger partial charge in [-0.25, -0.2) is 0 Å². The predicted molar refractivity (Wildman–Crippen MR) is 131 cm³/mol. The summed E-state index contributed by atoms with van der Waals surface area (Å²) in [7, 11) is 0. The van der Waals surface area contributed by atoms with Gasteiger partial charge >= 0.3 is 0 Å². The second-order valence-corrected chi connectivity index (χ2v) is 8.38.